The average Bonchev–Trinajstić information content (AvgIpc) is 2.92. The zero-order valence-electron chi connectivity index (χ0n) is 22.4. The summed E-state index contributed by atoms with van der Waals surface area (Å²) in [5, 5.41) is -0.240. The summed E-state index contributed by atoms with van der Waals surface area (Å²) in [6, 6.07) is 10.8. The summed E-state index contributed by atoms with van der Waals surface area (Å²) >= 11 is 6.28. The normalized spacial score (nSPS) is 11.7. The predicted molar refractivity (Wildman–Crippen MR) is 150 cm³/mol. The third kappa shape index (κ3) is 7.46. The Morgan fingerprint density at radius 1 is 0.674 bits per heavy atom. The molecule has 0 aliphatic rings. The van der Waals surface area contributed by atoms with Gasteiger partial charge < -0.3 is 4.74 Å². The molecule has 0 N–H and O–H groups in total. The van der Waals surface area contributed by atoms with Crippen LogP contribution in [0.2, 0.25) is 5.02 Å². The number of benzene rings is 4. The van der Waals surface area contributed by atoms with Gasteiger partial charge in [-0.05, 0) is 72.2 Å². The van der Waals surface area contributed by atoms with E-state index >= 15 is 4.39 Å². The van der Waals surface area contributed by atoms with Crippen LogP contribution in [0.1, 0.15) is 30.4 Å². The summed E-state index contributed by atoms with van der Waals surface area (Å²) < 4.78 is 118. The third-order valence-electron chi connectivity index (χ3n) is 6.46. The van der Waals surface area contributed by atoms with E-state index in [1.165, 1.54) is 6.07 Å². The highest BCUT2D eigenvalue weighted by Gasteiger charge is 2.41. The molecule has 1 nitrogen and oxygen atoms in total. The van der Waals surface area contributed by atoms with Gasteiger partial charge in [0.15, 0.2) is 17.5 Å². The van der Waals surface area contributed by atoms with E-state index in [9.17, 15) is 30.7 Å². The second-order valence-electron chi connectivity index (χ2n) is 9.52. The van der Waals surface area contributed by atoms with E-state index in [2.05, 4.69) is 23.5 Å². The number of unbranched alkanes of at least 4 members (excludes halogenated alkanes) is 1. The Kier molecular flexibility index (Phi) is 9.96. The van der Waals surface area contributed by atoms with E-state index in [0.717, 1.165) is 37.3 Å². The smallest absolute Gasteiger partial charge is 0.429 e. The molecule has 0 aromatic heterocycles. The van der Waals surface area contributed by atoms with Crippen LogP contribution in [-0.4, -0.2) is 0 Å². The minimum Gasteiger partial charge on any atom is -0.429 e. The largest absolute Gasteiger partial charge is 0.432 e. The van der Waals surface area contributed by atoms with Gasteiger partial charge in [0, 0.05) is 17.7 Å². The highest BCUT2D eigenvalue weighted by Crippen LogP contribution is 2.40. The molecule has 224 valence electrons. The van der Waals surface area contributed by atoms with Gasteiger partial charge in [-0.1, -0.05) is 54.1 Å². The van der Waals surface area contributed by atoms with Crippen LogP contribution in [0.3, 0.4) is 0 Å². The third-order valence-corrected chi connectivity index (χ3v) is 6.76. The maximum atomic E-state index is 15.2. The van der Waals surface area contributed by atoms with Gasteiger partial charge in [-0.2, -0.15) is 8.78 Å². The van der Waals surface area contributed by atoms with E-state index < -0.39 is 63.5 Å². The van der Waals surface area contributed by atoms with Crippen molar-refractivity contribution >= 4 is 11.6 Å². The van der Waals surface area contributed by atoms with Crippen molar-refractivity contribution in [3.63, 3.8) is 0 Å². The Bertz CT molecular complexity index is 1600. The van der Waals surface area contributed by atoms with Gasteiger partial charge in [0.1, 0.15) is 28.8 Å². The van der Waals surface area contributed by atoms with Crippen molar-refractivity contribution in [3.8, 4) is 28.0 Å². The first-order valence-electron chi connectivity index (χ1n) is 13.0. The Hall–Kier alpha value is -4.11. The van der Waals surface area contributed by atoms with E-state index in [0.29, 0.717) is 23.3 Å². The summed E-state index contributed by atoms with van der Waals surface area (Å²) in [7, 11) is 0. The molecule has 0 unspecified atom stereocenters. The summed E-state index contributed by atoms with van der Waals surface area (Å²) in [5.74, 6) is -11.6. The maximum Gasteiger partial charge on any atom is 0.432 e. The van der Waals surface area contributed by atoms with Crippen LogP contribution in [-0.2, 0) is 12.5 Å². The van der Waals surface area contributed by atoms with E-state index in [-0.39, 0.29) is 17.2 Å². The zero-order valence-corrected chi connectivity index (χ0v) is 23.1. The molecule has 4 aromatic carbocycles. The molecule has 0 heterocycles. The predicted octanol–water partition coefficient (Wildman–Crippen LogP) is 11.1. The van der Waals surface area contributed by atoms with Crippen molar-refractivity contribution in [1.82, 2.24) is 0 Å². The summed E-state index contributed by atoms with van der Waals surface area (Å²) in [6.45, 7) is 3.68. The van der Waals surface area contributed by atoms with Crippen LogP contribution in [0, 0.1) is 34.9 Å². The summed E-state index contributed by atoms with van der Waals surface area (Å²) in [6.07, 6.45) is 4.72. The molecule has 0 bridgehead atoms. The molecule has 0 aliphatic heterocycles. The number of ether oxygens (including phenoxy) is 1. The first-order valence-corrected chi connectivity index (χ1v) is 13.3. The molecule has 0 aliphatic carbocycles. The summed E-state index contributed by atoms with van der Waals surface area (Å²) in [4.78, 5) is 0. The van der Waals surface area contributed by atoms with Crippen molar-refractivity contribution < 1.29 is 39.9 Å². The van der Waals surface area contributed by atoms with Crippen LogP contribution in [0.4, 0.5) is 35.1 Å². The lowest BCUT2D eigenvalue weighted by atomic mass is 9.97. The van der Waals surface area contributed by atoms with Gasteiger partial charge in [0.05, 0.1) is 5.02 Å². The number of aryl methyl sites for hydroxylation is 1. The van der Waals surface area contributed by atoms with Crippen LogP contribution in [0.25, 0.3) is 22.3 Å². The van der Waals surface area contributed by atoms with Gasteiger partial charge in [-0.25, -0.2) is 26.3 Å². The molecule has 0 saturated carbocycles. The maximum absolute atomic E-state index is 15.2. The van der Waals surface area contributed by atoms with Gasteiger partial charge in [-0.15, -0.1) is 6.58 Å². The topological polar surface area (TPSA) is 9.23 Å². The minimum absolute atomic E-state index is 0.0883. The minimum atomic E-state index is -4.79. The number of allylic oxidation sites excluding steroid dienone is 3. The van der Waals surface area contributed by atoms with Crippen molar-refractivity contribution in [1.29, 1.82) is 0 Å². The SMILES string of the molecule is C=CCC/C=C/CCc1ccc(-c2cc(F)c(-c3cc(F)c(C(F)(F)Oc4cc(F)c(F)c(F)c4)c(F)c3)c(Cl)c2)cc1. The second kappa shape index (κ2) is 13.5. The zero-order chi connectivity index (χ0) is 31.3. The molecule has 0 spiro atoms. The number of alkyl halides is 2. The number of hydrogen-bond acceptors (Lipinski definition) is 1. The molecule has 0 radical (unpaired) electrons. The lowest BCUT2D eigenvalue weighted by Gasteiger charge is -2.20. The van der Waals surface area contributed by atoms with Crippen molar-refractivity contribution in [2.45, 2.75) is 31.8 Å². The Balaban J connectivity index is 1.56. The lowest BCUT2D eigenvalue weighted by Crippen LogP contribution is -2.25. The second-order valence-corrected chi connectivity index (χ2v) is 9.93. The fourth-order valence-corrected chi connectivity index (χ4v) is 4.68. The van der Waals surface area contributed by atoms with Crippen LogP contribution in [0.5, 0.6) is 5.75 Å². The highest BCUT2D eigenvalue weighted by molar-refractivity contribution is 6.33. The molecule has 0 fully saturated rings. The lowest BCUT2D eigenvalue weighted by molar-refractivity contribution is -0.189. The Morgan fingerprint density at radius 3 is 1.84 bits per heavy atom. The van der Waals surface area contributed by atoms with Gasteiger partial charge in [0.2, 0.25) is 0 Å². The van der Waals surface area contributed by atoms with Gasteiger partial charge >= 0.3 is 6.11 Å². The molecule has 10 heteroatoms. The Morgan fingerprint density at radius 2 is 1.26 bits per heavy atom. The molecular weight excluding hydrogens is 600 g/mol. The molecule has 0 saturated heterocycles. The van der Waals surface area contributed by atoms with Crippen molar-refractivity contribution in [2.75, 3.05) is 0 Å². The fourth-order valence-electron chi connectivity index (χ4n) is 4.36. The first-order chi connectivity index (χ1) is 20.4. The molecule has 0 amide bonds. The molecule has 4 rings (SSSR count). The Labute approximate surface area is 247 Å². The molecule has 0 atom stereocenters. The molecule has 43 heavy (non-hydrogen) atoms. The summed E-state index contributed by atoms with van der Waals surface area (Å²) in [5.41, 5.74) is -0.793. The van der Waals surface area contributed by atoms with E-state index in [1.807, 2.05) is 18.2 Å². The van der Waals surface area contributed by atoms with Crippen LogP contribution >= 0.6 is 11.6 Å². The molecule has 4 aromatic rings. The first kappa shape index (κ1) is 31.8. The fraction of sp³-hybridized carbons (Fsp3) is 0.152. The number of rotatable bonds is 11. The standard InChI is InChI=1S/C33H23ClF8O/c1-2-3-4-5-6-7-8-19-9-11-20(12-10-19)21-13-24(34)30(25(35)14-21)22-15-26(36)31(27(37)16-22)33(41,42)43-23-17-28(38)32(40)29(39)18-23/h2,5-6,9-18H,1,3-4,7-8H2/b6-5+. The highest BCUT2D eigenvalue weighted by atomic mass is 35.5. The van der Waals surface area contributed by atoms with Gasteiger partial charge in [-0.3, -0.25) is 0 Å². The van der Waals surface area contributed by atoms with Crippen LogP contribution in [0.15, 0.2) is 85.5 Å². The van der Waals surface area contributed by atoms with Crippen molar-refractivity contribution in [3.05, 3.63) is 137 Å². The van der Waals surface area contributed by atoms with Gasteiger partial charge in [0.25, 0.3) is 0 Å². The number of hydrogen-bond donors (Lipinski definition) is 0. The van der Waals surface area contributed by atoms with Crippen LogP contribution < -0.4 is 4.74 Å². The number of halogens is 9. The molecular formula is C33H23ClF8O. The average molecular weight is 623 g/mol. The monoisotopic (exact) mass is 622 g/mol. The van der Waals surface area contributed by atoms with E-state index in [1.54, 1.807) is 12.1 Å². The van der Waals surface area contributed by atoms with E-state index in [4.69, 9.17) is 11.6 Å². The van der Waals surface area contributed by atoms with Crippen molar-refractivity contribution in [2.24, 2.45) is 0 Å². The quantitative estimate of drug-likeness (QED) is 0.0700.